The minimum Gasteiger partial charge on any atom is -0.379 e. The van der Waals surface area contributed by atoms with E-state index in [2.05, 4.69) is 24.1 Å². The fourth-order valence-electron chi connectivity index (χ4n) is 4.44. The number of hydrogen-bond acceptors (Lipinski definition) is 4. The molecule has 0 aromatic carbocycles. The fraction of sp³-hybridized carbons (Fsp3) is 0.947. The molecular weight excluding hydrogens is 373 g/mol. The van der Waals surface area contributed by atoms with Gasteiger partial charge in [-0.05, 0) is 24.7 Å². The highest BCUT2D eigenvalue weighted by Crippen LogP contribution is 2.27. The molecule has 2 aliphatic rings. The smallest absolute Gasteiger partial charge is 0.237 e. The molecule has 2 atom stereocenters. The van der Waals surface area contributed by atoms with Crippen molar-refractivity contribution in [3.8, 4) is 0 Å². The Hall–Kier alpha value is -0.0700. The number of nitrogens with two attached hydrogens (primary N) is 1. The van der Waals surface area contributed by atoms with Gasteiger partial charge in [-0.3, -0.25) is 9.69 Å². The van der Waals surface area contributed by atoms with Gasteiger partial charge < -0.3 is 15.8 Å². The predicted octanol–water partition coefficient (Wildman–Crippen LogP) is 2.99. The third-order valence-electron chi connectivity index (χ3n) is 6.00. The van der Waals surface area contributed by atoms with Crippen molar-refractivity contribution in [2.45, 2.75) is 70.9 Å². The Morgan fingerprint density at radius 2 is 1.69 bits per heavy atom. The van der Waals surface area contributed by atoms with E-state index in [1.165, 1.54) is 32.1 Å². The minimum atomic E-state index is -0.0402. The Kier molecular flexibility index (Phi) is 14.0. The highest BCUT2D eigenvalue weighted by Gasteiger charge is 2.35. The van der Waals surface area contributed by atoms with Crippen molar-refractivity contribution in [3.63, 3.8) is 0 Å². The number of halogens is 2. The molecule has 2 fully saturated rings. The molecule has 7 heteroatoms. The molecule has 1 aliphatic carbocycles. The molecule has 5 nitrogen and oxygen atoms in total. The summed E-state index contributed by atoms with van der Waals surface area (Å²) in [6.45, 7) is 8.10. The summed E-state index contributed by atoms with van der Waals surface area (Å²) < 4.78 is 5.48. The number of carbonyl (C=O) groups is 1. The molecule has 1 saturated carbocycles. The summed E-state index contributed by atoms with van der Waals surface area (Å²) in [4.78, 5) is 15.5. The summed E-state index contributed by atoms with van der Waals surface area (Å²) in [5.41, 5.74) is 6.02. The molecule has 0 aromatic heterocycles. The standard InChI is InChI=1S/C19H37N3O2.2ClH/c1-3-15(4-2)18(22-10-12-24-13-11-22)19(23)21-17(14-20)16-8-6-5-7-9-16;;/h15-18H,3-14,20H2,1-2H3,(H,21,23);2*1H. The normalized spacial score (nSPS) is 21.4. The largest absolute Gasteiger partial charge is 0.379 e. The van der Waals surface area contributed by atoms with Crippen LogP contribution in [0, 0.1) is 11.8 Å². The zero-order valence-corrected chi connectivity index (χ0v) is 18.1. The Balaban J connectivity index is 0.00000312. The van der Waals surface area contributed by atoms with E-state index in [1.807, 2.05) is 0 Å². The monoisotopic (exact) mass is 411 g/mol. The van der Waals surface area contributed by atoms with Crippen LogP contribution in [0.25, 0.3) is 0 Å². The lowest BCUT2D eigenvalue weighted by Gasteiger charge is -2.39. The number of carbonyl (C=O) groups excluding carboxylic acids is 1. The van der Waals surface area contributed by atoms with E-state index >= 15 is 0 Å². The van der Waals surface area contributed by atoms with Crippen LogP contribution in [0.15, 0.2) is 0 Å². The SMILES string of the molecule is CCC(CC)C(C(=O)NC(CN)C1CCCCC1)N1CCOCC1.Cl.Cl. The van der Waals surface area contributed by atoms with Gasteiger partial charge in [0.1, 0.15) is 0 Å². The van der Waals surface area contributed by atoms with E-state index in [0.29, 0.717) is 18.4 Å². The van der Waals surface area contributed by atoms with E-state index in [0.717, 1.165) is 39.1 Å². The van der Waals surface area contributed by atoms with E-state index in [4.69, 9.17) is 10.5 Å². The van der Waals surface area contributed by atoms with Gasteiger partial charge in [-0.2, -0.15) is 0 Å². The van der Waals surface area contributed by atoms with Crippen LogP contribution in [0.4, 0.5) is 0 Å². The van der Waals surface area contributed by atoms with Crippen molar-refractivity contribution in [2.24, 2.45) is 17.6 Å². The number of nitrogens with one attached hydrogen (secondary N) is 1. The summed E-state index contributed by atoms with van der Waals surface area (Å²) >= 11 is 0. The maximum Gasteiger partial charge on any atom is 0.237 e. The van der Waals surface area contributed by atoms with Crippen LogP contribution in [0.2, 0.25) is 0 Å². The average molecular weight is 412 g/mol. The highest BCUT2D eigenvalue weighted by molar-refractivity contribution is 5.85. The van der Waals surface area contributed by atoms with Gasteiger partial charge in [-0.25, -0.2) is 0 Å². The topological polar surface area (TPSA) is 67.6 Å². The first-order valence-corrected chi connectivity index (χ1v) is 10.0. The third-order valence-corrected chi connectivity index (χ3v) is 6.00. The van der Waals surface area contributed by atoms with Gasteiger partial charge in [0.25, 0.3) is 0 Å². The molecule has 1 heterocycles. The van der Waals surface area contributed by atoms with Gasteiger partial charge in [-0.15, -0.1) is 24.8 Å². The van der Waals surface area contributed by atoms with Crippen molar-refractivity contribution in [2.75, 3.05) is 32.8 Å². The van der Waals surface area contributed by atoms with Gasteiger partial charge >= 0.3 is 0 Å². The van der Waals surface area contributed by atoms with Crippen molar-refractivity contribution in [3.05, 3.63) is 0 Å². The number of rotatable bonds is 8. The summed E-state index contributed by atoms with van der Waals surface area (Å²) in [6, 6.07) is 0.0947. The van der Waals surface area contributed by atoms with E-state index in [-0.39, 0.29) is 42.8 Å². The van der Waals surface area contributed by atoms with Crippen LogP contribution < -0.4 is 11.1 Å². The molecule has 3 N–H and O–H groups in total. The fourth-order valence-corrected chi connectivity index (χ4v) is 4.44. The Morgan fingerprint density at radius 3 is 2.19 bits per heavy atom. The van der Waals surface area contributed by atoms with E-state index < -0.39 is 0 Å². The molecule has 1 amide bonds. The Bertz CT molecular complexity index is 372. The van der Waals surface area contributed by atoms with Crippen molar-refractivity contribution in [1.29, 1.82) is 0 Å². The van der Waals surface area contributed by atoms with Crippen LogP contribution in [0.5, 0.6) is 0 Å². The second kappa shape index (κ2) is 14.0. The van der Waals surface area contributed by atoms with E-state index in [9.17, 15) is 4.79 Å². The summed E-state index contributed by atoms with van der Waals surface area (Å²) in [5.74, 6) is 1.14. The molecule has 1 saturated heterocycles. The van der Waals surface area contributed by atoms with Gasteiger partial charge in [0, 0.05) is 25.7 Å². The summed E-state index contributed by atoms with van der Waals surface area (Å²) in [5, 5.41) is 3.34. The lowest BCUT2D eigenvalue weighted by atomic mass is 9.83. The Labute approximate surface area is 172 Å². The maximum atomic E-state index is 13.2. The van der Waals surface area contributed by atoms with Crippen LogP contribution in [0.3, 0.4) is 0 Å². The molecule has 0 spiro atoms. The predicted molar refractivity (Wildman–Crippen MR) is 112 cm³/mol. The number of morpholine rings is 1. The molecule has 0 aromatic rings. The molecule has 2 unspecified atom stereocenters. The van der Waals surface area contributed by atoms with Gasteiger partial charge in [0.2, 0.25) is 5.91 Å². The van der Waals surface area contributed by atoms with Gasteiger partial charge in [0.15, 0.2) is 0 Å². The quantitative estimate of drug-likeness (QED) is 0.643. The molecular formula is C19H39Cl2N3O2. The number of nitrogens with zero attached hydrogens (tertiary/aromatic N) is 1. The van der Waals surface area contributed by atoms with Crippen LogP contribution >= 0.6 is 24.8 Å². The highest BCUT2D eigenvalue weighted by atomic mass is 35.5. The second-order valence-electron chi connectivity index (χ2n) is 7.42. The van der Waals surface area contributed by atoms with Crippen molar-refractivity contribution < 1.29 is 9.53 Å². The van der Waals surface area contributed by atoms with Gasteiger partial charge in [-0.1, -0.05) is 46.0 Å². The van der Waals surface area contributed by atoms with Crippen LogP contribution in [-0.2, 0) is 9.53 Å². The summed E-state index contributed by atoms with van der Waals surface area (Å²) in [6.07, 6.45) is 8.34. The lowest BCUT2D eigenvalue weighted by molar-refractivity contribution is -0.132. The zero-order valence-electron chi connectivity index (χ0n) is 16.5. The Morgan fingerprint density at radius 1 is 1.12 bits per heavy atom. The average Bonchev–Trinajstić information content (AvgIpc) is 2.65. The van der Waals surface area contributed by atoms with Crippen LogP contribution in [-0.4, -0.2) is 55.7 Å². The molecule has 2 rings (SSSR count). The second-order valence-corrected chi connectivity index (χ2v) is 7.42. The summed E-state index contributed by atoms with van der Waals surface area (Å²) in [7, 11) is 0. The van der Waals surface area contributed by atoms with Gasteiger partial charge in [0.05, 0.1) is 19.3 Å². The molecule has 1 aliphatic heterocycles. The maximum absolute atomic E-state index is 13.2. The first-order valence-electron chi connectivity index (χ1n) is 10.0. The first-order chi connectivity index (χ1) is 11.7. The number of amides is 1. The number of hydrogen-bond donors (Lipinski definition) is 2. The molecule has 156 valence electrons. The zero-order chi connectivity index (χ0) is 17.4. The van der Waals surface area contributed by atoms with Crippen LogP contribution in [0.1, 0.15) is 58.8 Å². The third kappa shape index (κ3) is 7.16. The first kappa shape index (κ1) is 25.9. The molecule has 26 heavy (non-hydrogen) atoms. The van der Waals surface area contributed by atoms with Crippen molar-refractivity contribution >= 4 is 30.7 Å². The minimum absolute atomic E-state index is 0. The lowest BCUT2D eigenvalue weighted by Crippen LogP contribution is -2.58. The molecule has 0 radical (unpaired) electrons. The number of ether oxygens (including phenoxy) is 1. The molecule has 0 bridgehead atoms. The van der Waals surface area contributed by atoms with E-state index in [1.54, 1.807) is 0 Å². The van der Waals surface area contributed by atoms with Crippen molar-refractivity contribution in [1.82, 2.24) is 10.2 Å².